The van der Waals surface area contributed by atoms with Gasteiger partial charge < -0.3 is 14.2 Å². The third kappa shape index (κ3) is 3.97. The minimum absolute atomic E-state index is 0.0820. The van der Waals surface area contributed by atoms with Crippen molar-refractivity contribution in [1.82, 2.24) is 0 Å². The van der Waals surface area contributed by atoms with Crippen LogP contribution >= 0.6 is 0 Å². The molecule has 0 atom stereocenters. The Bertz CT molecular complexity index is 548. The number of rotatable bonds is 5. The van der Waals surface area contributed by atoms with Gasteiger partial charge in [0.05, 0.1) is 13.0 Å². The number of hydrogen-bond acceptors (Lipinski definition) is 5. The molecule has 0 aliphatic carbocycles. The van der Waals surface area contributed by atoms with E-state index in [-0.39, 0.29) is 25.2 Å². The van der Waals surface area contributed by atoms with E-state index in [1.807, 2.05) is 32.0 Å². The normalized spacial score (nSPS) is 15.0. The van der Waals surface area contributed by atoms with E-state index in [2.05, 4.69) is 0 Å². The molecule has 0 radical (unpaired) electrons. The van der Waals surface area contributed by atoms with Crippen LogP contribution in [-0.2, 0) is 31.9 Å². The molecule has 1 aromatic carbocycles. The zero-order valence-electron chi connectivity index (χ0n) is 12.6. The van der Waals surface area contributed by atoms with Gasteiger partial charge in [-0.15, -0.1) is 0 Å². The van der Waals surface area contributed by atoms with E-state index in [9.17, 15) is 9.59 Å². The summed E-state index contributed by atoms with van der Waals surface area (Å²) >= 11 is 0. The van der Waals surface area contributed by atoms with E-state index >= 15 is 0 Å². The molecule has 0 N–H and O–H groups in total. The van der Waals surface area contributed by atoms with E-state index in [1.165, 1.54) is 0 Å². The molecule has 0 saturated heterocycles. The number of carbonyl (C=O) groups excluding carboxylic acids is 2. The summed E-state index contributed by atoms with van der Waals surface area (Å²) in [6, 6.07) is 5.74. The predicted molar refractivity (Wildman–Crippen MR) is 76.1 cm³/mol. The van der Waals surface area contributed by atoms with Crippen LogP contribution in [0.2, 0.25) is 0 Å². The maximum atomic E-state index is 11.8. The Hall–Kier alpha value is -2.04. The molecule has 1 aliphatic rings. The van der Waals surface area contributed by atoms with Gasteiger partial charge in [-0.05, 0) is 26.3 Å². The van der Waals surface area contributed by atoms with Gasteiger partial charge in [0, 0.05) is 12.0 Å². The van der Waals surface area contributed by atoms with Crippen LogP contribution in [0.4, 0.5) is 0 Å². The Morgan fingerprint density at radius 2 is 2.00 bits per heavy atom. The maximum absolute atomic E-state index is 11.8. The number of esters is 2. The standard InChI is InChI=1S/C16H20O5/c1-4-19-14(18)10-20-13(17)8-11-6-5-7-12-9-16(2,3)21-15(11)12/h5-7H,4,8-10H2,1-3H3. The fraction of sp³-hybridized carbons (Fsp3) is 0.500. The van der Waals surface area contributed by atoms with Crippen molar-refractivity contribution in [3.05, 3.63) is 29.3 Å². The largest absolute Gasteiger partial charge is 0.487 e. The molecule has 1 heterocycles. The Morgan fingerprint density at radius 1 is 1.24 bits per heavy atom. The van der Waals surface area contributed by atoms with Crippen molar-refractivity contribution < 1.29 is 23.8 Å². The molecule has 1 aliphatic heterocycles. The summed E-state index contributed by atoms with van der Waals surface area (Å²) in [6.07, 6.45) is 0.896. The van der Waals surface area contributed by atoms with Crippen molar-refractivity contribution in [2.24, 2.45) is 0 Å². The van der Waals surface area contributed by atoms with Gasteiger partial charge in [-0.1, -0.05) is 18.2 Å². The van der Waals surface area contributed by atoms with Crippen LogP contribution in [0.25, 0.3) is 0 Å². The summed E-state index contributed by atoms with van der Waals surface area (Å²) in [7, 11) is 0. The first kappa shape index (κ1) is 15.4. The lowest BCUT2D eigenvalue weighted by molar-refractivity contribution is -0.158. The summed E-state index contributed by atoms with van der Waals surface area (Å²) in [5.41, 5.74) is 1.62. The van der Waals surface area contributed by atoms with Crippen LogP contribution in [0, 0.1) is 0 Å². The molecule has 5 heteroatoms. The fourth-order valence-electron chi connectivity index (χ4n) is 2.37. The first-order valence-electron chi connectivity index (χ1n) is 7.02. The van der Waals surface area contributed by atoms with Crippen molar-refractivity contribution in [3.63, 3.8) is 0 Å². The lowest BCUT2D eigenvalue weighted by atomic mass is 10.00. The van der Waals surface area contributed by atoms with Crippen molar-refractivity contribution in [3.8, 4) is 5.75 Å². The molecule has 0 bridgehead atoms. The third-order valence-corrected chi connectivity index (χ3v) is 3.16. The Morgan fingerprint density at radius 3 is 2.71 bits per heavy atom. The van der Waals surface area contributed by atoms with Crippen LogP contribution < -0.4 is 4.74 Å². The molecule has 2 rings (SSSR count). The molecular weight excluding hydrogens is 272 g/mol. The van der Waals surface area contributed by atoms with Crippen LogP contribution in [0.3, 0.4) is 0 Å². The second-order valence-corrected chi connectivity index (χ2v) is 5.59. The quantitative estimate of drug-likeness (QED) is 0.777. The fourth-order valence-corrected chi connectivity index (χ4v) is 2.37. The van der Waals surface area contributed by atoms with Crippen LogP contribution in [-0.4, -0.2) is 30.8 Å². The van der Waals surface area contributed by atoms with Gasteiger partial charge in [-0.2, -0.15) is 0 Å². The highest BCUT2D eigenvalue weighted by Crippen LogP contribution is 2.37. The van der Waals surface area contributed by atoms with Crippen molar-refractivity contribution >= 4 is 11.9 Å². The highest BCUT2D eigenvalue weighted by molar-refractivity contribution is 5.78. The third-order valence-electron chi connectivity index (χ3n) is 3.16. The number of fused-ring (bicyclic) bond motifs is 1. The lowest BCUT2D eigenvalue weighted by Crippen LogP contribution is -2.25. The Balaban J connectivity index is 1.97. The van der Waals surface area contributed by atoms with Crippen LogP contribution in [0.5, 0.6) is 5.75 Å². The summed E-state index contributed by atoms with van der Waals surface area (Å²) in [5, 5.41) is 0. The summed E-state index contributed by atoms with van der Waals surface area (Å²) in [6.45, 7) is 5.64. The van der Waals surface area contributed by atoms with Gasteiger partial charge in [0.15, 0.2) is 6.61 Å². The molecule has 114 valence electrons. The SMILES string of the molecule is CCOC(=O)COC(=O)Cc1cccc2c1OC(C)(C)C2. The van der Waals surface area contributed by atoms with Gasteiger partial charge >= 0.3 is 11.9 Å². The molecule has 21 heavy (non-hydrogen) atoms. The van der Waals surface area contributed by atoms with E-state index in [0.717, 1.165) is 23.3 Å². The first-order chi connectivity index (χ1) is 9.91. The number of benzene rings is 1. The monoisotopic (exact) mass is 292 g/mol. The number of carbonyl (C=O) groups is 2. The highest BCUT2D eigenvalue weighted by Gasteiger charge is 2.31. The lowest BCUT2D eigenvalue weighted by Gasteiger charge is -2.18. The summed E-state index contributed by atoms with van der Waals surface area (Å²) < 4.78 is 15.5. The zero-order chi connectivity index (χ0) is 15.5. The predicted octanol–water partition coefficient (Wildman–Crippen LogP) is 2.05. The van der Waals surface area contributed by atoms with E-state index in [1.54, 1.807) is 6.92 Å². The topological polar surface area (TPSA) is 61.8 Å². The highest BCUT2D eigenvalue weighted by atomic mass is 16.6. The maximum Gasteiger partial charge on any atom is 0.344 e. The van der Waals surface area contributed by atoms with Crippen LogP contribution in [0.15, 0.2) is 18.2 Å². The van der Waals surface area contributed by atoms with Gasteiger partial charge in [0.2, 0.25) is 0 Å². The molecule has 0 fully saturated rings. The molecule has 0 unspecified atom stereocenters. The number of para-hydroxylation sites is 1. The van der Waals surface area contributed by atoms with Gasteiger partial charge in [-0.25, -0.2) is 4.79 Å². The van der Waals surface area contributed by atoms with Crippen molar-refractivity contribution in [2.75, 3.05) is 13.2 Å². The van der Waals surface area contributed by atoms with E-state index < -0.39 is 11.9 Å². The average molecular weight is 292 g/mol. The van der Waals surface area contributed by atoms with Crippen molar-refractivity contribution in [2.45, 2.75) is 39.2 Å². The molecular formula is C16H20O5. The smallest absolute Gasteiger partial charge is 0.344 e. The molecule has 0 spiro atoms. The Labute approximate surface area is 124 Å². The molecule has 0 aromatic heterocycles. The zero-order valence-corrected chi connectivity index (χ0v) is 12.6. The summed E-state index contributed by atoms with van der Waals surface area (Å²) in [4.78, 5) is 22.9. The molecule has 0 amide bonds. The van der Waals surface area contributed by atoms with Gasteiger partial charge in [0.25, 0.3) is 0 Å². The van der Waals surface area contributed by atoms with E-state index in [4.69, 9.17) is 14.2 Å². The average Bonchev–Trinajstić information content (AvgIpc) is 2.72. The second kappa shape index (κ2) is 6.16. The minimum atomic E-state index is -0.540. The number of hydrogen-bond donors (Lipinski definition) is 0. The number of ether oxygens (including phenoxy) is 3. The second-order valence-electron chi connectivity index (χ2n) is 5.59. The molecule has 5 nitrogen and oxygen atoms in total. The van der Waals surface area contributed by atoms with Crippen molar-refractivity contribution in [1.29, 1.82) is 0 Å². The molecule has 0 saturated carbocycles. The summed E-state index contributed by atoms with van der Waals surface area (Å²) in [5.74, 6) is -0.248. The van der Waals surface area contributed by atoms with E-state index in [0.29, 0.717) is 0 Å². The Kier molecular flexibility index (Phi) is 4.50. The van der Waals surface area contributed by atoms with Crippen LogP contribution in [0.1, 0.15) is 31.9 Å². The molecule has 1 aromatic rings. The van der Waals surface area contributed by atoms with Gasteiger partial charge in [0.1, 0.15) is 11.4 Å². The minimum Gasteiger partial charge on any atom is -0.487 e. The first-order valence-corrected chi connectivity index (χ1v) is 7.02. The van der Waals surface area contributed by atoms with Gasteiger partial charge in [-0.3, -0.25) is 4.79 Å².